The van der Waals surface area contributed by atoms with Crippen molar-refractivity contribution in [3.05, 3.63) is 58.7 Å². The highest BCUT2D eigenvalue weighted by Gasteiger charge is 2.18. The first-order valence-electron chi connectivity index (χ1n) is 7.04. The number of aromatic nitrogens is 1. The summed E-state index contributed by atoms with van der Waals surface area (Å²) in [6.07, 6.45) is 0. The molecule has 116 valence electrons. The highest BCUT2D eigenvalue weighted by Crippen LogP contribution is 2.19. The molecule has 0 saturated heterocycles. The van der Waals surface area contributed by atoms with Gasteiger partial charge in [0.15, 0.2) is 0 Å². The van der Waals surface area contributed by atoms with Crippen LogP contribution < -0.4 is 4.74 Å². The number of hydrogen-bond donors (Lipinski definition) is 0. The van der Waals surface area contributed by atoms with Gasteiger partial charge in [0.05, 0.1) is 17.9 Å². The van der Waals surface area contributed by atoms with Crippen molar-refractivity contribution in [1.29, 1.82) is 0 Å². The third kappa shape index (κ3) is 3.81. The van der Waals surface area contributed by atoms with Crippen molar-refractivity contribution in [3.8, 4) is 5.75 Å². The molecule has 22 heavy (non-hydrogen) atoms. The lowest BCUT2D eigenvalue weighted by molar-refractivity contribution is 0.0522. The molecule has 4 nitrogen and oxygen atoms in total. The average Bonchev–Trinajstić information content (AvgIpc) is 2.46. The van der Waals surface area contributed by atoms with Gasteiger partial charge in [0.2, 0.25) is 0 Å². The largest absolute Gasteiger partial charge is 0.489 e. The Morgan fingerprint density at radius 3 is 2.55 bits per heavy atom. The summed E-state index contributed by atoms with van der Waals surface area (Å²) in [4.78, 5) is 16.4. The number of halogens is 1. The zero-order chi connectivity index (χ0) is 16.1. The van der Waals surface area contributed by atoms with Crippen molar-refractivity contribution in [2.75, 3.05) is 6.61 Å². The summed E-state index contributed by atoms with van der Waals surface area (Å²) in [7, 11) is 0. The Kier molecular flexibility index (Phi) is 5.09. The van der Waals surface area contributed by atoms with E-state index < -0.39 is 5.97 Å². The fourth-order valence-electron chi connectivity index (χ4n) is 2.20. The molecule has 1 aromatic heterocycles. The predicted octanol–water partition coefficient (Wildman–Crippen LogP) is 3.59. The smallest absolute Gasteiger partial charge is 0.340 e. The summed E-state index contributed by atoms with van der Waals surface area (Å²) in [6, 6.07) is 7.53. The minimum atomic E-state index is -0.412. The van der Waals surface area contributed by atoms with E-state index in [2.05, 4.69) is 4.98 Å². The lowest BCUT2D eigenvalue weighted by atomic mass is 10.1. The molecular formula is C17H18FNO3. The summed E-state index contributed by atoms with van der Waals surface area (Å²) in [5.74, 6) is -0.205. The van der Waals surface area contributed by atoms with Gasteiger partial charge in [-0.3, -0.25) is 4.98 Å². The van der Waals surface area contributed by atoms with Crippen LogP contribution in [0.1, 0.15) is 34.2 Å². The van der Waals surface area contributed by atoms with E-state index >= 15 is 0 Å². The summed E-state index contributed by atoms with van der Waals surface area (Å²) >= 11 is 0. The molecule has 1 aromatic carbocycles. The summed E-state index contributed by atoms with van der Waals surface area (Å²) < 4.78 is 23.6. The van der Waals surface area contributed by atoms with Crippen LogP contribution in [0.5, 0.6) is 5.75 Å². The zero-order valence-corrected chi connectivity index (χ0v) is 12.9. The standard InChI is InChI=1S/C17H18FNO3/c1-4-21-17(20)16-12(3)19-11(2)9-13(16)10-22-15-7-5-14(18)6-8-15/h5-9H,4,10H2,1-3H3. The second kappa shape index (κ2) is 7.02. The zero-order valence-electron chi connectivity index (χ0n) is 12.9. The van der Waals surface area contributed by atoms with E-state index in [9.17, 15) is 9.18 Å². The normalized spacial score (nSPS) is 10.4. The topological polar surface area (TPSA) is 48.4 Å². The van der Waals surface area contributed by atoms with Crippen LogP contribution in [0.3, 0.4) is 0 Å². The molecule has 0 amide bonds. The molecular weight excluding hydrogens is 285 g/mol. The van der Waals surface area contributed by atoms with Crippen LogP contribution in [0.25, 0.3) is 0 Å². The molecule has 0 N–H and O–H groups in total. The maximum absolute atomic E-state index is 12.9. The quantitative estimate of drug-likeness (QED) is 0.792. The summed E-state index contributed by atoms with van der Waals surface area (Å²) in [5, 5.41) is 0. The van der Waals surface area contributed by atoms with E-state index in [1.807, 2.05) is 6.92 Å². The van der Waals surface area contributed by atoms with E-state index in [4.69, 9.17) is 9.47 Å². The van der Waals surface area contributed by atoms with Crippen LogP contribution in [-0.4, -0.2) is 17.6 Å². The molecule has 0 aliphatic rings. The van der Waals surface area contributed by atoms with Crippen LogP contribution in [0.4, 0.5) is 4.39 Å². The monoisotopic (exact) mass is 303 g/mol. The first kappa shape index (κ1) is 15.9. The van der Waals surface area contributed by atoms with Crippen molar-refractivity contribution >= 4 is 5.97 Å². The van der Waals surface area contributed by atoms with Crippen LogP contribution in [-0.2, 0) is 11.3 Å². The lowest BCUT2D eigenvalue weighted by Crippen LogP contribution is -2.13. The number of hydrogen-bond acceptors (Lipinski definition) is 4. The van der Waals surface area contributed by atoms with Crippen molar-refractivity contribution in [3.63, 3.8) is 0 Å². The summed E-state index contributed by atoms with van der Waals surface area (Å²) in [6.45, 7) is 5.85. The number of benzene rings is 1. The van der Waals surface area contributed by atoms with E-state index in [1.54, 1.807) is 32.0 Å². The summed E-state index contributed by atoms with van der Waals surface area (Å²) in [5.41, 5.74) is 2.53. The second-order valence-corrected chi connectivity index (χ2v) is 4.85. The Balaban J connectivity index is 2.25. The number of ether oxygens (including phenoxy) is 2. The van der Waals surface area contributed by atoms with E-state index in [-0.39, 0.29) is 12.4 Å². The number of aryl methyl sites for hydroxylation is 2. The highest BCUT2D eigenvalue weighted by molar-refractivity contribution is 5.92. The minimum absolute atomic E-state index is 0.185. The number of carbonyl (C=O) groups excluding carboxylic acids is 1. The van der Waals surface area contributed by atoms with Crippen LogP contribution in [0.15, 0.2) is 30.3 Å². The Bertz CT molecular complexity index is 668. The predicted molar refractivity (Wildman–Crippen MR) is 80.4 cm³/mol. The molecule has 0 bridgehead atoms. The highest BCUT2D eigenvalue weighted by atomic mass is 19.1. The Morgan fingerprint density at radius 2 is 1.91 bits per heavy atom. The average molecular weight is 303 g/mol. The molecule has 0 atom stereocenters. The Morgan fingerprint density at radius 1 is 1.23 bits per heavy atom. The molecule has 0 radical (unpaired) electrons. The van der Waals surface area contributed by atoms with E-state index in [0.717, 1.165) is 5.69 Å². The van der Waals surface area contributed by atoms with E-state index in [0.29, 0.717) is 29.2 Å². The van der Waals surface area contributed by atoms with Crippen LogP contribution in [0.2, 0.25) is 0 Å². The molecule has 0 unspecified atom stereocenters. The SMILES string of the molecule is CCOC(=O)c1c(COc2ccc(F)cc2)cc(C)nc1C. The maximum atomic E-state index is 12.9. The van der Waals surface area contributed by atoms with Gasteiger partial charge in [0.1, 0.15) is 18.2 Å². The number of pyridine rings is 1. The first-order chi connectivity index (χ1) is 10.5. The van der Waals surface area contributed by atoms with Gasteiger partial charge in [0.25, 0.3) is 0 Å². The van der Waals surface area contributed by atoms with Gasteiger partial charge in [-0.15, -0.1) is 0 Å². The Labute approximate surface area is 128 Å². The van der Waals surface area contributed by atoms with Crippen LogP contribution in [0, 0.1) is 19.7 Å². The third-order valence-corrected chi connectivity index (χ3v) is 3.10. The molecule has 0 fully saturated rings. The molecule has 2 aromatic rings. The number of esters is 1. The lowest BCUT2D eigenvalue weighted by Gasteiger charge is -2.13. The number of carbonyl (C=O) groups is 1. The molecule has 1 heterocycles. The van der Waals surface area contributed by atoms with Crippen molar-refractivity contribution in [1.82, 2.24) is 4.98 Å². The molecule has 0 saturated carbocycles. The van der Waals surface area contributed by atoms with Gasteiger partial charge >= 0.3 is 5.97 Å². The Hall–Kier alpha value is -2.43. The van der Waals surface area contributed by atoms with Crippen molar-refractivity contribution < 1.29 is 18.7 Å². The van der Waals surface area contributed by atoms with Crippen molar-refractivity contribution in [2.45, 2.75) is 27.4 Å². The molecule has 0 spiro atoms. The van der Waals surface area contributed by atoms with Crippen molar-refractivity contribution in [2.24, 2.45) is 0 Å². The van der Waals surface area contributed by atoms with Gasteiger partial charge in [0, 0.05) is 11.3 Å². The first-order valence-corrected chi connectivity index (χ1v) is 7.04. The second-order valence-electron chi connectivity index (χ2n) is 4.85. The molecule has 2 rings (SSSR count). The third-order valence-electron chi connectivity index (χ3n) is 3.10. The van der Waals surface area contributed by atoms with Gasteiger partial charge < -0.3 is 9.47 Å². The fraction of sp³-hybridized carbons (Fsp3) is 0.294. The number of nitrogens with zero attached hydrogens (tertiary/aromatic N) is 1. The van der Waals surface area contributed by atoms with E-state index in [1.165, 1.54) is 12.1 Å². The molecule has 0 aliphatic heterocycles. The maximum Gasteiger partial charge on any atom is 0.340 e. The molecule has 0 aliphatic carbocycles. The molecule has 5 heteroatoms. The fourth-order valence-corrected chi connectivity index (χ4v) is 2.20. The van der Waals surface area contributed by atoms with Crippen LogP contribution >= 0.6 is 0 Å². The van der Waals surface area contributed by atoms with Gasteiger partial charge in [-0.2, -0.15) is 0 Å². The van der Waals surface area contributed by atoms with Gasteiger partial charge in [-0.25, -0.2) is 9.18 Å². The minimum Gasteiger partial charge on any atom is -0.489 e. The van der Waals surface area contributed by atoms with Gasteiger partial charge in [-0.1, -0.05) is 0 Å². The number of rotatable bonds is 5. The van der Waals surface area contributed by atoms with Gasteiger partial charge in [-0.05, 0) is 51.1 Å².